The third kappa shape index (κ3) is 5.01. The van der Waals surface area contributed by atoms with Crippen LogP contribution in [-0.2, 0) is 17.8 Å². The van der Waals surface area contributed by atoms with E-state index in [9.17, 15) is 4.79 Å². The van der Waals surface area contributed by atoms with Crippen LogP contribution in [0.4, 0.5) is 0 Å². The van der Waals surface area contributed by atoms with Gasteiger partial charge in [-0.25, -0.2) is 4.68 Å². The molecule has 8 nitrogen and oxygen atoms in total. The van der Waals surface area contributed by atoms with Gasteiger partial charge in [-0.1, -0.05) is 24.3 Å². The topological polar surface area (TPSA) is 76.4 Å². The third-order valence-corrected chi connectivity index (χ3v) is 5.41. The Balaban J connectivity index is 1.29. The summed E-state index contributed by atoms with van der Waals surface area (Å²) in [5.74, 6) is 1.05. The fourth-order valence-corrected chi connectivity index (χ4v) is 3.70. The SMILES string of the molecule is COc1ccc(CN2CCCN(C(=O)Cc3ccc(-n4cnnn4)cc3)CC2)cc1. The number of hydrogen-bond donors (Lipinski definition) is 0. The van der Waals surface area contributed by atoms with E-state index in [-0.39, 0.29) is 5.91 Å². The number of carbonyl (C=O) groups is 1. The number of aromatic nitrogens is 4. The number of tetrazole rings is 1. The summed E-state index contributed by atoms with van der Waals surface area (Å²) < 4.78 is 6.82. The molecule has 2 aromatic carbocycles. The van der Waals surface area contributed by atoms with Gasteiger partial charge in [0, 0.05) is 32.7 Å². The van der Waals surface area contributed by atoms with E-state index >= 15 is 0 Å². The maximum Gasteiger partial charge on any atom is 0.227 e. The van der Waals surface area contributed by atoms with Gasteiger partial charge in [0.2, 0.25) is 5.91 Å². The molecule has 1 aromatic heterocycles. The molecule has 2 heterocycles. The zero-order valence-corrected chi connectivity index (χ0v) is 17.1. The van der Waals surface area contributed by atoms with Crippen molar-refractivity contribution in [1.82, 2.24) is 30.0 Å². The maximum absolute atomic E-state index is 12.8. The van der Waals surface area contributed by atoms with Gasteiger partial charge in [-0.05, 0) is 52.2 Å². The number of nitrogens with zero attached hydrogens (tertiary/aromatic N) is 6. The predicted molar refractivity (Wildman–Crippen MR) is 112 cm³/mol. The van der Waals surface area contributed by atoms with Crippen molar-refractivity contribution in [2.45, 2.75) is 19.4 Å². The molecule has 1 amide bonds. The zero-order chi connectivity index (χ0) is 20.8. The highest BCUT2D eigenvalue weighted by molar-refractivity contribution is 5.78. The average Bonchev–Trinajstić information content (AvgIpc) is 3.21. The van der Waals surface area contributed by atoms with Crippen LogP contribution in [0.2, 0.25) is 0 Å². The molecule has 0 N–H and O–H groups in total. The Morgan fingerprint density at radius 2 is 1.73 bits per heavy atom. The van der Waals surface area contributed by atoms with E-state index in [0.29, 0.717) is 6.42 Å². The normalized spacial score (nSPS) is 15.0. The molecule has 0 radical (unpaired) electrons. The monoisotopic (exact) mass is 406 g/mol. The lowest BCUT2D eigenvalue weighted by atomic mass is 10.1. The Morgan fingerprint density at radius 1 is 0.967 bits per heavy atom. The van der Waals surface area contributed by atoms with Gasteiger partial charge in [0.25, 0.3) is 0 Å². The molecule has 0 saturated carbocycles. The quantitative estimate of drug-likeness (QED) is 0.623. The van der Waals surface area contributed by atoms with E-state index in [4.69, 9.17) is 4.74 Å². The van der Waals surface area contributed by atoms with Crippen molar-refractivity contribution in [1.29, 1.82) is 0 Å². The number of carbonyl (C=O) groups excluding carboxylic acids is 1. The second-order valence-corrected chi connectivity index (χ2v) is 7.46. The number of amides is 1. The molecule has 30 heavy (non-hydrogen) atoms. The zero-order valence-electron chi connectivity index (χ0n) is 17.1. The van der Waals surface area contributed by atoms with Gasteiger partial charge in [0.1, 0.15) is 12.1 Å². The van der Waals surface area contributed by atoms with Crippen LogP contribution in [0.25, 0.3) is 5.69 Å². The fraction of sp³-hybridized carbons (Fsp3) is 0.364. The second kappa shape index (κ2) is 9.49. The van der Waals surface area contributed by atoms with Crippen molar-refractivity contribution in [2.24, 2.45) is 0 Å². The standard InChI is InChI=1S/C22H26N6O2/c1-30-21-9-5-19(6-10-21)16-26-11-2-12-27(14-13-26)22(29)15-18-3-7-20(8-4-18)28-17-23-24-25-28/h3-10,17H,2,11-16H2,1H3. The van der Waals surface area contributed by atoms with E-state index in [2.05, 4.69) is 32.6 Å². The summed E-state index contributed by atoms with van der Waals surface area (Å²) in [6.07, 6.45) is 2.95. The second-order valence-electron chi connectivity index (χ2n) is 7.46. The van der Waals surface area contributed by atoms with Crippen molar-refractivity contribution in [3.8, 4) is 11.4 Å². The van der Waals surface area contributed by atoms with Crippen LogP contribution in [0.3, 0.4) is 0 Å². The lowest BCUT2D eigenvalue weighted by Crippen LogP contribution is -2.36. The van der Waals surface area contributed by atoms with Crippen molar-refractivity contribution in [2.75, 3.05) is 33.3 Å². The number of rotatable bonds is 6. The van der Waals surface area contributed by atoms with E-state index in [0.717, 1.165) is 56.1 Å². The maximum atomic E-state index is 12.8. The Morgan fingerprint density at radius 3 is 2.43 bits per heavy atom. The summed E-state index contributed by atoms with van der Waals surface area (Å²) in [6.45, 7) is 4.34. The number of benzene rings is 2. The molecule has 0 bridgehead atoms. The third-order valence-electron chi connectivity index (χ3n) is 5.41. The Labute approximate surface area is 176 Å². The van der Waals surface area contributed by atoms with Gasteiger partial charge in [0.05, 0.1) is 19.2 Å². The fourth-order valence-electron chi connectivity index (χ4n) is 3.70. The van der Waals surface area contributed by atoms with E-state index < -0.39 is 0 Å². The first-order chi connectivity index (χ1) is 14.7. The van der Waals surface area contributed by atoms with Crippen LogP contribution in [0, 0.1) is 0 Å². The highest BCUT2D eigenvalue weighted by Crippen LogP contribution is 2.15. The number of hydrogen-bond acceptors (Lipinski definition) is 6. The number of methoxy groups -OCH3 is 1. The minimum absolute atomic E-state index is 0.177. The summed E-state index contributed by atoms with van der Waals surface area (Å²) in [5, 5.41) is 11.2. The van der Waals surface area contributed by atoms with Crippen LogP contribution in [-0.4, -0.2) is 69.2 Å². The molecule has 4 rings (SSSR count). The minimum Gasteiger partial charge on any atom is -0.497 e. The van der Waals surface area contributed by atoms with Crippen molar-refractivity contribution < 1.29 is 9.53 Å². The highest BCUT2D eigenvalue weighted by atomic mass is 16.5. The Kier molecular flexibility index (Phi) is 6.34. The lowest BCUT2D eigenvalue weighted by Gasteiger charge is -2.22. The van der Waals surface area contributed by atoms with Gasteiger partial charge in [-0.15, -0.1) is 5.10 Å². The summed E-state index contributed by atoms with van der Waals surface area (Å²) in [7, 11) is 1.68. The van der Waals surface area contributed by atoms with Crippen molar-refractivity contribution in [3.05, 3.63) is 66.0 Å². The van der Waals surface area contributed by atoms with Crippen LogP contribution >= 0.6 is 0 Å². The molecule has 8 heteroatoms. The van der Waals surface area contributed by atoms with E-state index in [1.807, 2.05) is 41.3 Å². The van der Waals surface area contributed by atoms with Gasteiger partial charge in [0.15, 0.2) is 0 Å². The molecule has 156 valence electrons. The first-order valence-corrected chi connectivity index (χ1v) is 10.2. The molecule has 0 aliphatic carbocycles. The van der Waals surface area contributed by atoms with Crippen molar-refractivity contribution >= 4 is 5.91 Å². The largest absolute Gasteiger partial charge is 0.497 e. The molecular formula is C22H26N6O2. The van der Waals surface area contributed by atoms with E-state index in [1.165, 1.54) is 5.56 Å². The predicted octanol–water partition coefficient (Wildman–Crippen LogP) is 1.95. The minimum atomic E-state index is 0.177. The molecule has 1 fully saturated rings. The van der Waals surface area contributed by atoms with Gasteiger partial charge in [-0.3, -0.25) is 9.69 Å². The smallest absolute Gasteiger partial charge is 0.227 e. The number of ether oxygens (including phenoxy) is 1. The van der Waals surface area contributed by atoms with Crippen molar-refractivity contribution in [3.63, 3.8) is 0 Å². The first kappa shape index (κ1) is 20.0. The van der Waals surface area contributed by atoms with Gasteiger partial charge in [-0.2, -0.15) is 0 Å². The molecule has 1 saturated heterocycles. The van der Waals surface area contributed by atoms with Crippen LogP contribution in [0.15, 0.2) is 54.9 Å². The van der Waals surface area contributed by atoms with Gasteiger partial charge >= 0.3 is 0 Å². The van der Waals surface area contributed by atoms with Crippen LogP contribution in [0.1, 0.15) is 17.5 Å². The molecule has 0 unspecified atom stereocenters. The first-order valence-electron chi connectivity index (χ1n) is 10.2. The Bertz CT molecular complexity index is 941. The van der Waals surface area contributed by atoms with E-state index in [1.54, 1.807) is 18.1 Å². The highest BCUT2D eigenvalue weighted by Gasteiger charge is 2.19. The van der Waals surface area contributed by atoms with Crippen LogP contribution in [0.5, 0.6) is 5.75 Å². The van der Waals surface area contributed by atoms with Crippen LogP contribution < -0.4 is 4.74 Å². The summed E-state index contributed by atoms with van der Waals surface area (Å²) in [6, 6.07) is 16.0. The molecule has 1 aliphatic rings. The molecular weight excluding hydrogens is 380 g/mol. The molecule has 0 atom stereocenters. The molecule has 3 aromatic rings. The lowest BCUT2D eigenvalue weighted by molar-refractivity contribution is -0.130. The van der Waals surface area contributed by atoms with Gasteiger partial charge < -0.3 is 9.64 Å². The average molecular weight is 406 g/mol. The summed E-state index contributed by atoms with van der Waals surface area (Å²) in [5.41, 5.74) is 3.13. The molecule has 1 aliphatic heterocycles. The molecule has 0 spiro atoms. The summed E-state index contributed by atoms with van der Waals surface area (Å²) in [4.78, 5) is 17.2. The summed E-state index contributed by atoms with van der Waals surface area (Å²) >= 11 is 0. The Hall–Kier alpha value is -3.26.